The Morgan fingerprint density at radius 3 is 3.00 bits per heavy atom. The van der Waals surface area contributed by atoms with Gasteiger partial charge in [0, 0.05) is 24.8 Å². The van der Waals surface area contributed by atoms with Gasteiger partial charge in [-0.05, 0) is 36.8 Å². The molecule has 0 aliphatic heterocycles. The van der Waals surface area contributed by atoms with Gasteiger partial charge in [-0.15, -0.1) is 0 Å². The monoisotopic (exact) mass is 283 g/mol. The van der Waals surface area contributed by atoms with Gasteiger partial charge in [-0.25, -0.2) is 4.98 Å². The molecule has 108 valence electrons. The number of carbonyl (C=O) groups excluding carboxylic acids is 1. The highest BCUT2D eigenvalue weighted by atomic mass is 16.3. The summed E-state index contributed by atoms with van der Waals surface area (Å²) < 4.78 is 7.37. The second-order valence-electron chi connectivity index (χ2n) is 5.11. The second-order valence-corrected chi connectivity index (χ2v) is 5.11. The number of carbonyl (C=O) groups is 1. The van der Waals surface area contributed by atoms with E-state index in [-0.39, 0.29) is 5.91 Å². The lowest BCUT2D eigenvalue weighted by atomic mass is 10.1. The molecule has 3 aromatic rings. The largest absolute Gasteiger partial charge is 0.465 e. The van der Waals surface area contributed by atoms with Crippen LogP contribution in [-0.4, -0.2) is 15.5 Å². The summed E-state index contributed by atoms with van der Waals surface area (Å²) in [5.41, 5.74) is 1.87. The lowest BCUT2D eigenvalue weighted by Gasteiger charge is -2.02. The Labute approximate surface area is 122 Å². The van der Waals surface area contributed by atoms with Gasteiger partial charge >= 0.3 is 0 Å². The van der Waals surface area contributed by atoms with Crippen molar-refractivity contribution in [2.75, 3.05) is 0 Å². The van der Waals surface area contributed by atoms with Crippen LogP contribution in [0.1, 0.15) is 17.1 Å². The van der Waals surface area contributed by atoms with Crippen LogP contribution in [0.2, 0.25) is 0 Å². The average molecular weight is 283 g/mol. The molecular formula is C16H17N3O2. The third-order valence-corrected chi connectivity index (χ3v) is 3.42. The van der Waals surface area contributed by atoms with Crippen LogP contribution in [0.4, 0.5) is 0 Å². The van der Waals surface area contributed by atoms with E-state index in [1.54, 1.807) is 6.20 Å². The first-order valence-corrected chi connectivity index (χ1v) is 6.84. The first kappa shape index (κ1) is 13.4. The summed E-state index contributed by atoms with van der Waals surface area (Å²) >= 11 is 0. The number of rotatable bonds is 4. The molecule has 21 heavy (non-hydrogen) atoms. The summed E-state index contributed by atoms with van der Waals surface area (Å²) in [6.45, 7) is 2.30. The molecule has 3 heterocycles. The minimum Gasteiger partial charge on any atom is -0.465 e. The minimum atomic E-state index is -0.0274. The molecule has 5 heteroatoms. The predicted molar refractivity (Wildman–Crippen MR) is 79.7 cm³/mol. The number of aryl methyl sites for hydroxylation is 2. The summed E-state index contributed by atoms with van der Waals surface area (Å²) in [5.74, 6) is 1.58. The number of nitrogens with zero attached hydrogens (tertiary/aromatic N) is 2. The van der Waals surface area contributed by atoms with Gasteiger partial charge in [0.1, 0.15) is 17.2 Å². The predicted octanol–water partition coefficient (Wildman–Crippen LogP) is 2.33. The van der Waals surface area contributed by atoms with Gasteiger partial charge in [-0.2, -0.15) is 0 Å². The number of aromatic nitrogens is 2. The fourth-order valence-electron chi connectivity index (χ4n) is 2.44. The van der Waals surface area contributed by atoms with Gasteiger partial charge in [-0.1, -0.05) is 0 Å². The number of furan rings is 1. The van der Waals surface area contributed by atoms with Crippen molar-refractivity contribution in [3.05, 3.63) is 53.7 Å². The number of nitrogens with one attached hydrogen (secondary N) is 1. The zero-order valence-corrected chi connectivity index (χ0v) is 12.1. The lowest BCUT2D eigenvalue weighted by molar-refractivity contribution is -0.120. The molecular weight excluding hydrogens is 266 g/mol. The van der Waals surface area contributed by atoms with Crippen LogP contribution in [0, 0.1) is 6.92 Å². The fraction of sp³-hybridized carbons (Fsp3) is 0.250. The van der Waals surface area contributed by atoms with Crippen LogP contribution in [-0.2, 0) is 24.8 Å². The van der Waals surface area contributed by atoms with E-state index in [4.69, 9.17) is 4.42 Å². The van der Waals surface area contributed by atoms with Crippen molar-refractivity contribution in [3.8, 4) is 0 Å². The summed E-state index contributed by atoms with van der Waals surface area (Å²) in [4.78, 5) is 16.4. The van der Waals surface area contributed by atoms with Crippen molar-refractivity contribution in [1.29, 1.82) is 0 Å². The summed E-state index contributed by atoms with van der Waals surface area (Å²) in [5, 5.41) is 3.89. The molecule has 0 unspecified atom stereocenters. The fourth-order valence-corrected chi connectivity index (χ4v) is 2.44. The van der Waals surface area contributed by atoms with Gasteiger partial charge < -0.3 is 14.3 Å². The molecule has 0 spiro atoms. The third-order valence-electron chi connectivity index (χ3n) is 3.42. The molecule has 0 aliphatic carbocycles. The normalized spacial score (nSPS) is 11.0. The van der Waals surface area contributed by atoms with E-state index in [2.05, 4.69) is 10.3 Å². The van der Waals surface area contributed by atoms with Crippen molar-refractivity contribution in [2.45, 2.75) is 19.9 Å². The quantitative estimate of drug-likeness (QED) is 0.799. The average Bonchev–Trinajstić information content (AvgIpc) is 3.02. The van der Waals surface area contributed by atoms with Gasteiger partial charge in [0.15, 0.2) is 0 Å². The second kappa shape index (κ2) is 5.44. The number of hydrogen-bond donors (Lipinski definition) is 1. The van der Waals surface area contributed by atoms with Crippen molar-refractivity contribution >= 4 is 16.9 Å². The Balaban J connectivity index is 1.69. The van der Waals surface area contributed by atoms with Gasteiger partial charge in [0.05, 0.1) is 13.0 Å². The van der Waals surface area contributed by atoms with Crippen molar-refractivity contribution in [3.63, 3.8) is 0 Å². The third kappa shape index (κ3) is 2.81. The summed E-state index contributed by atoms with van der Waals surface area (Å²) in [6.07, 6.45) is 4.04. The van der Waals surface area contributed by atoms with Crippen LogP contribution >= 0.6 is 0 Å². The molecule has 0 bridgehead atoms. The highest BCUT2D eigenvalue weighted by Crippen LogP contribution is 2.18. The maximum absolute atomic E-state index is 12.1. The molecule has 0 atom stereocenters. The van der Waals surface area contributed by atoms with E-state index in [1.807, 2.05) is 49.0 Å². The molecule has 0 radical (unpaired) electrons. The molecule has 0 aromatic carbocycles. The number of fused-ring (bicyclic) bond motifs is 1. The zero-order chi connectivity index (χ0) is 14.8. The molecule has 0 saturated heterocycles. The molecule has 0 fully saturated rings. The highest BCUT2D eigenvalue weighted by Gasteiger charge is 2.11. The van der Waals surface area contributed by atoms with Gasteiger partial charge in [0.25, 0.3) is 0 Å². The standard InChI is InChI=1S/C16H17N3O2/c1-11-5-6-13(21-11)9-18-15(20)8-12-10-19(2)16-14(12)4-3-7-17-16/h3-7,10H,8-9H2,1-2H3,(H,18,20). The molecule has 1 amide bonds. The van der Waals surface area contributed by atoms with Crippen LogP contribution < -0.4 is 5.32 Å². The molecule has 0 aliphatic rings. The first-order valence-electron chi connectivity index (χ1n) is 6.84. The van der Waals surface area contributed by atoms with Gasteiger partial charge in [0.2, 0.25) is 5.91 Å². The van der Waals surface area contributed by atoms with Gasteiger partial charge in [-0.3, -0.25) is 4.79 Å². The molecule has 5 nitrogen and oxygen atoms in total. The molecule has 3 aromatic heterocycles. The maximum atomic E-state index is 12.1. The maximum Gasteiger partial charge on any atom is 0.224 e. The molecule has 1 N–H and O–H groups in total. The first-order chi connectivity index (χ1) is 10.1. The van der Waals surface area contributed by atoms with Crippen molar-refractivity contribution in [2.24, 2.45) is 7.05 Å². The number of pyridine rings is 1. The SMILES string of the molecule is Cc1ccc(CNC(=O)Cc2cn(C)c3ncccc23)o1. The topological polar surface area (TPSA) is 60.1 Å². The van der Waals surface area contributed by atoms with Crippen molar-refractivity contribution in [1.82, 2.24) is 14.9 Å². The Hall–Kier alpha value is -2.56. The lowest BCUT2D eigenvalue weighted by Crippen LogP contribution is -2.24. The van der Waals surface area contributed by atoms with Crippen molar-refractivity contribution < 1.29 is 9.21 Å². The summed E-state index contributed by atoms with van der Waals surface area (Å²) in [7, 11) is 1.93. The van der Waals surface area contributed by atoms with Crippen LogP contribution in [0.3, 0.4) is 0 Å². The number of amides is 1. The Bertz CT molecular complexity index is 786. The zero-order valence-electron chi connectivity index (χ0n) is 12.1. The molecule has 3 rings (SSSR count). The van der Waals surface area contributed by atoms with Crippen LogP contribution in [0.25, 0.3) is 11.0 Å². The van der Waals surface area contributed by atoms with E-state index >= 15 is 0 Å². The van der Waals surface area contributed by atoms with Crippen LogP contribution in [0.15, 0.2) is 41.1 Å². The van der Waals surface area contributed by atoms with E-state index < -0.39 is 0 Å². The smallest absolute Gasteiger partial charge is 0.224 e. The van der Waals surface area contributed by atoms with E-state index in [9.17, 15) is 4.79 Å². The Kier molecular flexibility index (Phi) is 3.48. The Morgan fingerprint density at radius 2 is 2.24 bits per heavy atom. The van der Waals surface area contributed by atoms with Crippen LogP contribution in [0.5, 0.6) is 0 Å². The highest BCUT2D eigenvalue weighted by molar-refractivity contribution is 5.87. The van der Waals surface area contributed by atoms with E-state index in [1.165, 1.54) is 0 Å². The molecule has 0 saturated carbocycles. The number of hydrogen-bond acceptors (Lipinski definition) is 3. The van der Waals surface area contributed by atoms with E-state index in [0.29, 0.717) is 13.0 Å². The Morgan fingerprint density at radius 1 is 1.38 bits per heavy atom. The van der Waals surface area contributed by atoms with E-state index in [0.717, 1.165) is 28.1 Å². The summed E-state index contributed by atoms with van der Waals surface area (Å²) in [6, 6.07) is 7.63. The minimum absolute atomic E-state index is 0.0274.